The molecule has 8 heterocycles. The predicted molar refractivity (Wildman–Crippen MR) is 367 cm³/mol. The van der Waals surface area contributed by atoms with Gasteiger partial charge < -0.3 is 37.9 Å². The molecule has 13 aromatic carbocycles. The van der Waals surface area contributed by atoms with Crippen LogP contribution in [0.4, 0.5) is 68.2 Å². The molecule has 0 saturated heterocycles. The van der Waals surface area contributed by atoms with Gasteiger partial charge in [0, 0.05) is 78.6 Å². The number of hydrogen-bond acceptors (Lipinski definition) is 8. The Labute approximate surface area is 512 Å². The highest BCUT2D eigenvalue weighted by Crippen LogP contribution is 2.54. The molecule has 0 fully saturated rings. The molecule has 6 aliphatic heterocycles. The molecule has 2 aromatic heterocycles. The maximum Gasteiger partial charge on any atom is 0.261 e. The monoisotopic (exact) mass is 1130 g/mol. The maximum absolute atomic E-state index is 8.07. The van der Waals surface area contributed by atoms with E-state index in [1.807, 2.05) is 0 Å². The Morgan fingerprint density at radius 3 is 1.01 bits per heavy atom. The van der Waals surface area contributed by atoms with E-state index < -0.39 is 6.71 Å². The summed E-state index contributed by atoms with van der Waals surface area (Å²) < 4.78 is 31.2. The summed E-state index contributed by atoms with van der Waals surface area (Å²) in [5, 5.41) is 4.10. The molecule has 0 unspecified atom stereocenters. The molecule has 0 amide bonds. The molecule has 0 aliphatic carbocycles. The van der Waals surface area contributed by atoms with E-state index in [9.17, 15) is 0 Å². The molecule has 410 valence electrons. The SMILES string of the molecule is c1ccc(N2c3ccccc3B3c4c(cccc42)Oc2c4c(c5c(oc6ccccc65)c23)N(c2ccccc2)c2cccc3c2B4c2c4c(c5oc6ccccc6c5c2N3c2ccccc2)B2c3ccccc3N(c3ccccc3)c3cccc(c32)O4)cc1. The molecule has 6 aliphatic rings. The highest BCUT2D eigenvalue weighted by atomic mass is 16.5. The van der Waals surface area contributed by atoms with Gasteiger partial charge >= 0.3 is 0 Å². The number of hydrogen-bond donors (Lipinski definition) is 0. The van der Waals surface area contributed by atoms with Crippen LogP contribution in [-0.4, -0.2) is 20.1 Å². The van der Waals surface area contributed by atoms with E-state index in [4.69, 9.17) is 18.3 Å². The van der Waals surface area contributed by atoms with Gasteiger partial charge in [-0.05, 0) is 147 Å². The Balaban J connectivity index is 0.961. The zero-order valence-electron chi connectivity index (χ0n) is 47.6. The Morgan fingerprint density at radius 2 is 0.584 bits per heavy atom. The fourth-order valence-corrected chi connectivity index (χ4v) is 16.4. The first-order chi connectivity index (χ1) is 44.2. The summed E-state index contributed by atoms with van der Waals surface area (Å²) in [5.74, 6) is 3.16. The van der Waals surface area contributed by atoms with Crippen LogP contribution in [0.3, 0.4) is 0 Å². The number of nitrogens with zero attached hydrogens (tertiary/aromatic N) is 4. The molecule has 15 aromatic rings. The standard InChI is InChI=1S/C78H45B3N4O4/c1-5-24-46(25-6-1)82-54-36-17-15-34-52(54)79-67-58(82)40-22-44-62(67)88-77-69-73(64-50-32-13-19-42-60(50)86-75(64)71(77)79)84(48-28-9-3-10-29-48)56-38-21-39-57-66(56)81(69)70-74(85(57)49-30-11-4-12-31-49)65-51-33-14-20-43-61(51)87-76(65)72-78(70)89-63-45-23-41-59-68(63)80(72)53-35-16-18-37-55(53)83(59)47-26-7-2-8-27-47/h1-45H. The van der Waals surface area contributed by atoms with E-state index in [1.165, 1.54) is 10.9 Å². The van der Waals surface area contributed by atoms with E-state index in [0.29, 0.717) is 0 Å². The Hall–Kier alpha value is -11.5. The van der Waals surface area contributed by atoms with Crippen molar-refractivity contribution in [2.45, 2.75) is 0 Å². The smallest absolute Gasteiger partial charge is 0.261 e. The van der Waals surface area contributed by atoms with Gasteiger partial charge in [0.15, 0.2) is 0 Å². The van der Waals surface area contributed by atoms with Crippen LogP contribution in [-0.2, 0) is 0 Å². The highest BCUT2D eigenvalue weighted by molar-refractivity contribution is 7.06. The summed E-state index contributed by atoms with van der Waals surface area (Å²) in [6.07, 6.45) is 0. The van der Waals surface area contributed by atoms with Gasteiger partial charge in [-0.2, -0.15) is 0 Å². The Bertz CT molecular complexity index is 5240. The second-order valence-corrected chi connectivity index (χ2v) is 24.0. The van der Waals surface area contributed by atoms with E-state index in [2.05, 4.69) is 293 Å². The summed E-state index contributed by atoms with van der Waals surface area (Å²) in [7, 11) is 0. The van der Waals surface area contributed by atoms with Crippen LogP contribution in [0.1, 0.15) is 0 Å². The largest absolute Gasteiger partial charge is 0.459 e. The second kappa shape index (κ2) is 17.6. The number of fused-ring (bicyclic) bond motifs is 24. The Morgan fingerprint density at radius 1 is 0.247 bits per heavy atom. The molecule has 0 spiro atoms. The predicted octanol–water partition coefficient (Wildman–Crippen LogP) is 14.4. The number of benzene rings is 13. The first kappa shape index (κ1) is 47.7. The zero-order valence-corrected chi connectivity index (χ0v) is 47.6. The van der Waals surface area contributed by atoms with Crippen molar-refractivity contribution < 1.29 is 18.3 Å². The van der Waals surface area contributed by atoms with Gasteiger partial charge in [-0.15, -0.1) is 0 Å². The summed E-state index contributed by atoms with van der Waals surface area (Å²) in [6, 6.07) is 98.2. The lowest BCUT2D eigenvalue weighted by molar-refractivity contribution is 0.490. The van der Waals surface area contributed by atoms with Crippen LogP contribution in [0.25, 0.3) is 43.9 Å². The third-order valence-electron chi connectivity index (χ3n) is 19.7. The van der Waals surface area contributed by atoms with Crippen molar-refractivity contribution in [2.24, 2.45) is 0 Å². The average molecular weight is 1130 g/mol. The minimum atomic E-state index is -0.515. The molecule has 89 heavy (non-hydrogen) atoms. The van der Waals surface area contributed by atoms with Gasteiger partial charge in [-0.3, -0.25) is 0 Å². The molecular weight excluding hydrogens is 1090 g/mol. The minimum absolute atomic E-state index is 0.303. The molecule has 21 rings (SSSR count). The lowest BCUT2D eigenvalue weighted by Gasteiger charge is -2.47. The third-order valence-corrected chi connectivity index (χ3v) is 19.7. The van der Waals surface area contributed by atoms with E-state index >= 15 is 0 Å². The van der Waals surface area contributed by atoms with Crippen molar-refractivity contribution in [3.05, 3.63) is 273 Å². The van der Waals surface area contributed by atoms with Gasteiger partial charge in [0.05, 0.1) is 22.1 Å². The molecular formula is C78H45B3N4O4. The lowest BCUT2D eigenvalue weighted by atomic mass is 9.28. The van der Waals surface area contributed by atoms with E-state index in [1.54, 1.807) is 0 Å². The van der Waals surface area contributed by atoms with Crippen molar-refractivity contribution >= 4 is 181 Å². The van der Waals surface area contributed by atoms with Crippen molar-refractivity contribution in [1.82, 2.24) is 0 Å². The molecule has 0 atom stereocenters. The number of para-hydroxylation sites is 8. The van der Waals surface area contributed by atoms with Gasteiger partial charge in [0.2, 0.25) is 0 Å². The first-order valence-electron chi connectivity index (χ1n) is 30.6. The number of ether oxygens (including phenoxy) is 2. The van der Waals surface area contributed by atoms with Gasteiger partial charge in [-0.25, -0.2) is 0 Å². The number of rotatable bonds is 4. The summed E-state index contributed by atoms with van der Waals surface area (Å²) in [5.41, 5.74) is 25.6. The third kappa shape index (κ3) is 6.15. The van der Waals surface area contributed by atoms with Crippen LogP contribution >= 0.6 is 0 Å². The van der Waals surface area contributed by atoms with Crippen molar-refractivity contribution in [3.63, 3.8) is 0 Å². The van der Waals surface area contributed by atoms with Crippen LogP contribution in [0.15, 0.2) is 282 Å². The minimum Gasteiger partial charge on any atom is -0.459 e. The zero-order chi connectivity index (χ0) is 57.7. The first-order valence-corrected chi connectivity index (χ1v) is 30.6. The molecule has 0 bridgehead atoms. The average Bonchev–Trinajstić information content (AvgIpc) is 1.73. The van der Waals surface area contributed by atoms with Crippen molar-refractivity contribution in [2.75, 3.05) is 19.6 Å². The maximum atomic E-state index is 8.07. The van der Waals surface area contributed by atoms with Crippen LogP contribution < -0.4 is 78.2 Å². The molecule has 0 radical (unpaired) electrons. The second-order valence-electron chi connectivity index (χ2n) is 24.0. The van der Waals surface area contributed by atoms with Crippen LogP contribution in [0.5, 0.6) is 23.0 Å². The van der Waals surface area contributed by atoms with Crippen molar-refractivity contribution in [1.29, 1.82) is 0 Å². The quantitative estimate of drug-likeness (QED) is 0.162. The van der Waals surface area contributed by atoms with E-state index in [0.717, 1.165) is 173 Å². The number of anilines is 12. The Kier molecular flexibility index (Phi) is 9.40. The van der Waals surface area contributed by atoms with Gasteiger partial charge in [-0.1, -0.05) is 164 Å². The molecule has 0 saturated carbocycles. The topological polar surface area (TPSA) is 57.7 Å². The summed E-state index contributed by atoms with van der Waals surface area (Å²) in [6.45, 7) is -1.12. The lowest BCUT2D eigenvalue weighted by Crippen LogP contribution is -2.67. The fourth-order valence-electron chi connectivity index (χ4n) is 16.4. The van der Waals surface area contributed by atoms with Crippen LogP contribution in [0, 0.1) is 0 Å². The summed E-state index contributed by atoms with van der Waals surface area (Å²) >= 11 is 0. The number of furan rings is 2. The van der Waals surface area contributed by atoms with Crippen LogP contribution in [0.2, 0.25) is 0 Å². The summed E-state index contributed by atoms with van der Waals surface area (Å²) in [4.78, 5) is 9.80. The van der Waals surface area contributed by atoms with Gasteiger partial charge in [0.1, 0.15) is 45.3 Å². The fraction of sp³-hybridized carbons (Fsp3) is 0. The molecule has 8 nitrogen and oxygen atoms in total. The normalized spacial score (nSPS) is 14.1. The molecule has 11 heteroatoms. The van der Waals surface area contributed by atoms with Gasteiger partial charge in [0.25, 0.3) is 20.1 Å². The molecule has 0 N–H and O–H groups in total. The van der Waals surface area contributed by atoms with Crippen molar-refractivity contribution in [3.8, 4) is 23.0 Å². The van der Waals surface area contributed by atoms with E-state index in [-0.39, 0.29) is 13.4 Å². The highest BCUT2D eigenvalue weighted by Gasteiger charge is 2.55.